The van der Waals surface area contributed by atoms with Crippen molar-refractivity contribution in [3.8, 4) is 0 Å². The van der Waals surface area contributed by atoms with Crippen LogP contribution < -0.4 is 5.73 Å². The predicted molar refractivity (Wildman–Crippen MR) is 139 cm³/mol. The van der Waals surface area contributed by atoms with Gasteiger partial charge >= 0.3 is 0 Å². The van der Waals surface area contributed by atoms with Gasteiger partial charge in [-0.05, 0) is 44.4 Å². The summed E-state index contributed by atoms with van der Waals surface area (Å²) in [6, 6.07) is 0.454. The zero-order valence-electron chi connectivity index (χ0n) is 21.4. The Balaban J connectivity index is 3.20. The van der Waals surface area contributed by atoms with Gasteiger partial charge in [-0.3, -0.25) is 0 Å². The van der Waals surface area contributed by atoms with Crippen molar-refractivity contribution in [2.75, 3.05) is 0 Å². The number of hydrogen-bond acceptors (Lipinski definition) is 1. The number of allylic oxidation sites excluding steroid dienone is 2. The lowest BCUT2D eigenvalue weighted by molar-refractivity contribution is 0.476. The minimum Gasteiger partial charge on any atom is -0.328 e. The highest BCUT2D eigenvalue weighted by molar-refractivity contribution is 4.81. The second-order valence-electron chi connectivity index (χ2n) is 10.2. The topological polar surface area (TPSA) is 26.0 Å². The standard InChI is InChI=1S/C29H59N/c1-4-5-6-7-8-9-10-11-12-13-14-15-16-20-23-26-29(30)27-24-21-18-17-19-22-25-28(2)3/h11-12,28-29H,4-10,13-27,30H2,1-3H3. The smallest absolute Gasteiger partial charge is 0.00388 e. The van der Waals surface area contributed by atoms with Crippen LogP contribution in [-0.2, 0) is 0 Å². The Bertz CT molecular complexity index is 333. The SMILES string of the molecule is CCCCCCCCC=CCCCCCCCC(N)CCCCCCCCC(C)C. The van der Waals surface area contributed by atoms with E-state index in [1.54, 1.807) is 0 Å². The third-order valence-corrected chi connectivity index (χ3v) is 6.44. The fourth-order valence-electron chi connectivity index (χ4n) is 4.29. The maximum absolute atomic E-state index is 6.31. The molecule has 0 fully saturated rings. The van der Waals surface area contributed by atoms with Gasteiger partial charge in [0.25, 0.3) is 0 Å². The van der Waals surface area contributed by atoms with Gasteiger partial charge < -0.3 is 5.73 Å². The van der Waals surface area contributed by atoms with Crippen LogP contribution in [0.4, 0.5) is 0 Å². The summed E-state index contributed by atoms with van der Waals surface area (Å²) in [5.74, 6) is 0.875. The molecule has 0 aliphatic heterocycles. The second-order valence-corrected chi connectivity index (χ2v) is 10.2. The van der Waals surface area contributed by atoms with Crippen LogP contribution in [0.1, 0.15) is 162 Å². The Morgan fingerprint density at radius 3 is 1.30 bits per heavy atom. The van der Waals surface area contributed by atoms with Crippen molar-refractivity contribution in [2.45, 2.75) is 168 Å². The molecule has 0 aliphatic rings. The highest BCUT2D eigenvalue weighted by atomic mass is 14.6. The first-order valence-electron chi connectivity index (χ1n) is 14.1. The molecule has 1 atom stereocenters. The summed E-state index contributed by atoms with van der Waals surface area (Å²) in [5.41, 5.74) is 6.31. The van der Waals surface area contributed by atoms with Crippen molar-refractivity contribution in [1.29, 1.82) is 0 Å². The lowest BCUT2D eigenvalue weighted by atomic mass is 10.00. The number of nitrogens with two attached hydrogens (primary N) is 1. The predicted octanol–water partition coefficient (Wildman–Crippen LogP) is 10.1. The molecule has 2 N–H and O–H groups in total. The molecule has 0 saturated carbocycles. The molecule has 0 heterocycles. The molecule has 0 amide bonds. The van der Waals surface area contributed by atoms with Gasteiger partial charge in [-0.15, -0.1) is 0 Å². The Hall–Kier alpha value is -0.300. The van der Waals surface area contributed by atoms with E-state index in [9.17, 15) is 0 Å². The van der Waals surface area contributed by atoms with Crippen LogP contribution in [0.3, 0.4) is 0 Å². The zero-order valence-corrected chi connectivity index (χ0v) is 21.4. The summed E-state index contributed by atoms with van der Waals surface area (Å²) in [6.07, 6.45) is 35.1. The number of hydrogen-bond donors (Lipinski definition) is 1. The van der Waals surface area contributed by atoms with Crippen molar-refractivity contribution >= 4 is 0 Å². The molecular weight excluding hydrogens is 362 g/mol. The largest absolute Gasteiger partial charge is 0.328 e. The van der Waals surface area contributed by atoms with E-state index >= 15 is 0 Å². The van der Waals surface area contributed by atoms with E-state index in [1.165, 1.54) is 141 Å². The van der Waals surface area contributed by atoms with Crippen molar-refractivity contribution in [3.05, 3.63) is 12.2 Å². The maximum Gasteiger partial charge on any atom is 0.00388 e. The molecule has 0 aliphatic carbocycles. The molecule has 0 radical (unpaired) electrons. The lowest BCUT2D eigenvalue weighted by Gasteiger charge is -2.11. The van der Waals surface area contributed by atoms with E-state index in [0.717, 1.165) is 5.92 Å². The molecule has 0 aromatic heterocycles. The fourth-order valence-corrected chi connectivity index (χ4v) is 4.29. The molecule has 1 heteroatoms. The van der Waals surface area contributed by atoms with Crippen molar-refractivity contribution in [3.63, 3.8) is 0 Å². The van der Waals surface area contributed by atoms with E-state index in [4.69, 9.17) is 5.73 Å². The number of unbranched alkanes of at least 4 members (excludes halogenated alkanes) is 16. The summed E-state index contributed by atoms with van der Waals surface area (Å²) in [7, 11) is 0. The van der Waals surface area contributed by atoms with Crippen LogP contribution in [0.2, 0.25) is 0 Å². The molecule has 0 rings (SSSR count). The molecule has 30 heavy (non-hydrogen) atoms. The van der Waals surface area contributed by atoms with Gasteiger partial charge in [0.1, 0.15) is 0 Å². The fraction of sp³-hybridized carbons (Fsp3) is 0.931. The normalized spacial score (nSPS) is 13.0. The molecule has 1 unspecified atom stereocenters. The molecule has 0 aromatic rings. The average Bonchev–Trinajstić information content (AvgIpc) is 2.72. The Morgan fingerprint density at radius 2 is 0.867 bits per heavy atom. The van der Waals surface area contributed by atoms with E-state index < -0.39 is 0 Å². The monoisotopic (exact) mass is 421 g/mol. The zero-order chi connectivity index (χ0) is 22.1. The lowest BCUT2D eigenvalue weighted by Crippen LogP contribution is -2.19. The Labute approximate surface area is 192 Å². The quantitative estimate of drug-likeness (QED) is 0.122. The van der Waals surface area contributed by atoms with Gasteiger partial charge in [-0.25, -0.2) is 0 Å². The van der Waals surface area contributed by atoms with E-state index in [2.05, 4.69) is 32.9 Å². The maximum atomic E-state index is 6.31. The Morgan fingerprint density at radius 1 is 0.500 bits per heavy atom. The van der Waals surface area contributed by atoms with E-state index in [-0.39, 0.29) is 0 Å². The van der Waals surface area contributed by atoms with E-state index in [0.29, 0.717) is 6.04 Å². The summed E-state index contributed by atoms with van der Waals surface area (Å²) in [4.78, 5) is 0. The van der Waals surface area contributed by atoms with Crippen LogP contribution in [0.5, 0.6) is 0 Å². The first kappa shape index (κ1) is 29.7. The van der Waals surface area contributed by atoms with Crippen molar-refractivity contribution < 1.29 is 0 Å². The molecule has 0 bridgehead atoms. The summed E-state index contributed by atoms with van der Waals surface area (Å²) >= 11 is 0. The third-order valence-electron chi connectivity index (χ3n) is 6.44. The number of rotatable bonds is 24. The third kappa shape index (κ3) is 25.7. The molecule has 1 nitrogen and oxygen atoms in total. The minimum absolute atomic E-state index is 0.454. The van der Waals surface area contributed by atoms with E-state index in [1.807, 2.05) is 0 Å². The Kier molecular flexibility index (Phi) is 24.7. The van der Waals surface area contributed by atoms with Crippen LogP contribution in [-0.4, -0.2) is 6.04 Å². The van der Waals surface area contributed by atoms with Crippen LogP contribution in [0.15, 0.2) is 12.2 Å². The molecule has 0 aromatic carbocycles. The summed E-state index contributed by atoms with van der Waals surface area (Å²) < 4.78 is 0. The van der Waals surface area contributed by atoms with Gasteiger partial charge in [-0.1, -0.05) is 136 Å². The first-order valence-corrected chi connectivity index (χ1v) is 14.1. The first-order chi connectivity index (χ1) is 14.7. The highest BCUT2D eigenvalue weighted by Gasteiger charge is 2.02. The van der Waals surface area contributed by atoms with Gasteiger partial charge in [0.2, 0.25) is 0 Å². The highest BCUT2D eigenvalue weighted by Crippen LogP contribution is 2.15. The summed E-state index contributed by atoms with van der Waals surface area (Å²) in [5, 5.41) is 0. The average molecular weight is 422 g/mol. The van der Waals surface area contributed by atoms with Crippen molar-refractivity contribution in [1.82, 2.24) is 0 Å². The molecule has 0 spiro atoms. The van der Waals surface area contributed by atoms with Crippen LogP contribution >= 0.6 is 0 Å². The molecule has 0 saturated heterocycles. The molecular formula is C29H59N. The minimum atomic E-state index is 0.454. The van der Waals surface area contributed by atoms with Gasteiger partial charge in [-0.2, -0.15) is 0 Å². The van der Waals surface area contributed by atoms with Gasteiger partial charge in [0, 0.05) is 6.04 Å². The molecule has 180 valence electrons. The van der Waals surface area contributed by atoms with Gasteiger partial charge in [0.15, 0.2) is 0 Å². The van der Waals surface area contributed by atoms with Crippen LogP contribution in [0, 0.1) is 5.92 Å². The summed E-state index contributed by atoms with van der Waals surface area (Å²) in [6.45, 7) is 6.95. The second kappa shape index (κ2) is 25.0. The van der Waals surface area contributed by atoms with Crippen molar-refractivity contribution in [2.24, 2.45) is 11.7 Å². The van der Waals surface area contributed by atoms with Gasteiger partial charge in [0.05, 0.1) is 0 Å². The van der Waals surface area contributed by atoms with Crippen LogP contribution in [0.25, 0.3) is 0 Å².